The van der Waals surface area contributed by atoms with Gasteiger partial charge in [0, 0.05) is 16.6 Å². The Morgan fingerprint density at radius 1 is 1.21 bits per heavy atom. The molecule has 0 spiro atoms. The van der Waals surface area contributed by atoms with E-state index in [0.717, 1.165) is 4.70 Å². The van der Waals surface area contributed by atoms with Crippen molar-refractivity contribution in [2.45, 2.75) is 0 Å². The van der Waals surface area contributed by atoms with Crippen LogP contribution in [-0.2, 0) is 0 Å². The minimum absolute atomic E-state index is 0.0567. The summed E-state index contributed by atoms with van der Waals surface area (Å²) in [6, 6.07) is 7.68. The molecule has 124 valence electrons. The second-order valence-corrected chi connectivity index (χ2v) is 6.72. The lowest BCUT2D eigenvalue weighted by atomic mass is 10.2. The first-order valence-electron chi connectivity index (χ1n) is 6.81. The predicted molar refractivity (Wildman–Crippen MR) is 94.8 cm³/mol. The number of ether oxygens (including phenoxy) is 2. The first-order valence-corrected chi connectivity index (χ1v) is 8.41. The molecular weight excluding hydrogens is 399 g/mol. The van der Waals surface area contributed by atoms with E-state index in [1.807, 2.05) is 0 Å². The number of carbonyl (C=O) groups is 1. The Balaban J connectivity index is 1.92. The predicted octanol–water partition coefficient (Wildman–Crippen LogP) is 4.47. The van der Waals surface area contributed by atoms with E-state index in [9.17, 15) is 9.18 Å². The Morgan fingerprint density at radius 3 is 2.62 bits per heavy atom. The van der Waals surface area contributed by atoms with Gasteiger partial charge in [0.25, 0.3) is 5.91 Å². The number of methoxy groups -OCH3 is 2. The topological polar surface area (TPSA) is 60.5 Å². The molecule has 1 aromatic heterocycles. The third-order valence-electron chi connectivity index (χ3n) is 3.29. The molecule has 0 aliphatic heterocycles. The summed E-state index contributed by atoms with van der Waals surface area (Å²) in [5.74, 6) is -0.0392. The van der Waals surface area contributed by atoms with E-state index in [2.05, 4.69) is 26.2 Å². The zero-order valence-electron chi connectivity index (χ0n) is 12.7. The molecule has 24 heavy (non-hydrogen) atoms. The number of thiazole rings is 1. The van der Waals surface area contributed by atoms with Crippen LogP contribution < -0.4 is 14.8 Å². The lowest BCUT2D eigenvalue weighted by Crippen LogP contribution is -2.13. The molecule has 0 fully saturated rings. The lowest BCUT2D eigenvalue weighted by molar-refractivity contribution is 0.102. The number of halogens is 2. The SMILES string of the molecule is COc1cc2nc(NC(=O)c3cc(Br)ccc3F)sc2cc1OC. The van der Waals surface area contributed by atoms with Crippen molar-refractivity contribution in [1.29, 1.82) is 0 Å². The quantitative estimate of drug-likeness (QED) is 0.689. The summed E-state index contributed by atoms with van der Waals surface area (Å²) in [6.07, 6.45) is 0. The van der Waals surface area contributed by atoms with Crippen LogP contribution in [0.1, 0.15) is 10.4 Å². The number of rotatable bonds is 4. The number of fused-ring (bicyclic) bond motifs is 1. The van der Waals surface area contributed by atoms with Gasteiger partial charge in [-0.2, -0.15) is 0 Å². The molecular formula is C16H12BrFN2O3S. The largest absolute Gasteiger partial charge is 0.493 e. The first-order chi connectivity index (χ1) is 11.5. The number of benzene rings is 2. The van der Waals surface area contributed by atoms with E-state index in [1.165, 1.54) is 36.6 Å². The van der Waals surface area contributed by atoms with Gasteiger partial charge in [-0.05, 0) is 18.2 Å². The highest BCUT2D eigenvalue weighted by Crippen LogP contribution is 2.36. The smallest absolute Gasteiger partial charge is 0.260 e. The van der Waals surface area contributed by atoms with Gasteiger partial charge < -0.3 is 9.47 Å². The van der Waals surface area contributed by atoms with Crippen LogP contribution in [0.5, 0.6) is 11.5 Å². The summed E-state index contributed by atoms with van der Waals surface area (Å²) in [7, 11) is 3.08. The molecule has 0 aliphatic carbocycles. The van der Waals surface area contributed by atoms with Gasteiger partial charge in [-0.3, -0.25) is 10.1 Å². The molecule has 0 saturated carbocycles. The van der Waals surface area contributed by atoms with Gasteiger partial charge in [-0.25, -0.2) is 9.37 Å². The highest BCUT2D eigenvalue weighted by atomic mass is 79.9. The maximum Gasteiger partial charge on any atom is 0.260 e. The zero-order valence-corrected chi connectivity index (χ0v) is 15.1. The van der Waals surface area contributed by atoms with Gasteiger partial charge in [0.15, 0.2) is 16.6 Å². The third-order valence-corrected chi connectivity index (χ3v) is 4.71. The summed E-state index contributed by atoms with van der Waals surface area (Å²) in [4.78, 5) is 16.6. The monoisotopic (exact) mass is 410 g/mol. The Bertz CT molecular complexity index is 888. The van der Waals surface area contributed by atoms with Gasteiger partial charge in [0.1, 0.15) is 5.82 Å². The van der Waals surface area contributed by atoms with Crippen LogP contribution >= 0.6 is 27.3 Å². The molecule has 0 aliphatic rings. The number of aromatic nitrogens is 1. The molecule has 1 N–H and O–H groups in total. The molecule has 0 radical (unpaired) electrons. The van der Waals surface area contributed by atoms with E-state index in [1.54, 1.807) is 19.2 Å². The molecule has 3 rings (SSSR count). The number of amides is 1. The van der Waals surface area contributed by atoms with E-state index in [-0.39, 0.29) is 5.56 Å². The second-order valence-electron chi connectivity index (χ2n) is 4.77. The molecule has 1 heterocycles. The number of nitrogens with one attached hydrogen (secondary N) is 1. The highest BCUT2D eigenvalue weighted by Gasteiger charge is 2.16. The minimum atomic E-state index is -0.597. The Morgan fingerprint density at radius 2 is 1.92 bits per heavy atom. The third kappa shape index (κ3) is 3.20. The highest BCUT2D eigenvalue weighted by molar-refractivity contribution is 9.10. The Hall–Kier alpha value is -2.19. The fourth-order valence-electron chi connectivity index (χ4n) is 2.14. The minimum Gasteiger partial charge on any atom is -0.493 e. The van der Waals surface area contributed by atoms with Crippen molar-refractivity contribution in [1.82, 2.24) is 4.98 Å². The molecule has 2 aromatic carbocycles. The van der Waals surface area contributed by atoms with Crippen molar-refractivity contribution in [3.63, 3.8) is 0 Å². The lowest BCUT2D eigenvalue weighted by Gasteiger charge is -2.05. The van der Waals surface area contributed by atoms with Crippen LogP contribution in [0.2, 0.25) is 0 Å². The zero-order chi connectivity index (χ0) is 17.3. The normalized spacial score (nSPS) is 10.7. The van der Waals surface area contributed by atoms with E-state index < -0.39 is 11.7 Å². The molecule has 0 unspecified atom stereocenters. The van der Waals surface area contributed by atoms with Crippen LogP contribution in [0, 0.1) is 5.82 Å². The summed E-state index contributed by atoms with van der Waals surface area (Å²) >= 11 is 4.49. The number of hydrogen-bond donors (Lipinski definition) is 1. The van der Waals surface area contributed by atoms with Gasteiger partial charge >= 0.3 is 0 Å². The second kappa shape index (κ2) is 6.74. The average Bonchev–Trinajstić information content (AvgIpc) is 2.96. The van der Waals surface area contributed by atoms with Crippen LogP contribution in [0.15, 0.2) is 34.8 Å². The van der Waals surface area contributed by atoms with Crippen molar-refractivity contribution in [2.24, 2.45) is 0 Å². The van der Waals surface area contributed by atoms with E-state index in [0.29, 0.717) is 26.6 Å². The van der Waals surface area contributed by atoms with Gasteiger partial charge in [-0.15, -0.1) is 0 Å². The first kappa shape index (κ1) is 16.7. The van der Waals surface area contributed by atoms with Crippen molar-refractivity contribution in [2.75, 3.05) is 19.5 Å². The molecule has 1 amide bonds. The summed E-state index contributed by atoms with van der Waals surface area (Å²) < 4.78 is 25.7. The maximum atomic E-state index is 13.8. The fraction of sp³-hybridized carbons (Fsp3) is 0.125. The summed E-state index contributed by atoms with van der Waals surface area (Å²) in [6.45, 7) is 0. The van der Waals surface area contributed by atoms with Gasteiger partial charge in [0.2, 0.25) is 0 Å². The summed E-state index contributed by atoms with van der Waals surface area (Å²) in [5, 5.41) is 2.98. The molecule has 8 heteroatoms. The summed E-state index contributed by atoms with van der Waals surface area (Å²) in [5.41, 5.74) is 0.599. The number of carbonyl (C=O) groups excluding carboxylic acids is 1. The van der Waals surface area contributed by atoms with Crippen LogP contribution in [-0.4, -0.2) is 25.1 Å². The molecule has 0 saturated heterocycles. The van der Waals surface area contributed by atoms with Crippen LogP contribution in [0.25, 0.3) is 10.2 Å². The fourth-order valence-corrected chi connectivity index (χ4v) is 3.38. The molecule has 0 bridgehead atoms. The molecule has 0 atom stereocenters. The molecule has 5 nitrogen and oxygen atoms in total. The van der Waals surface area contributed by atoms with Gasteiger partial charge in [-0.1, -0.05) is 27.3 Å². The number of nitrogens with zero attached hydrogens (tertiary/aromatic N) is 1. The van der Waals surface area contributed by atoms with Crippen LogP contribution in [0.4, 0.5) is 9.52 Å². The number of hydrogen-bond acceptors (Lipinski definition) is 5. The van der Waals surface area contributed by atoms with E-state index >= 15 is 0 Å². The standard InChI is InChI=1S/C16H12BrFN2O3S/c1-22-12-6-11-14(7-13(12)23-2)24-16(19-11)20-15(21)9-5-8(17)3-4-10(9)18/h3-7H,1-2H3,(H,19,20,21). The van der Waals surface area contributed by atoms with E-state index in [4.69, 9.17) is 9.47 Å². The maximum absolute atomic E-state index is 13.8. The molecule has 3 aromatic rings. The van der Waals surface area contributed by atoms with Gasteiger partial charge in [0.05, 0.1) is 30.0 Å². The van der Waals surface area contributed by atoms with Crippen molar-refractivity contribution in [3.8, 4) is 11.5 Å². The Kier molecular flexibility index (Phi) is 4.68. The number of anilines is 1. The van der Waals surface area contributed by atoms with Crippen molar-refractivity contribution >= 4 is 48.5 Å². The van der Waals surface area contributed by atoms with Crippen molar-refractivity contribution in [3.05, 3.63) is 46.2 Å². The van der Waals surface area contributed by atoms with Crippen LogP contribution in [0.3, 0.4) is 0 Å². The average molecular weight is 411 g/mol. The Labute approximate surface area is 149 Å². The van der Waals surface area contributed by atoms with Crippen molar-refractivity contribution < 1.29 is 18.7 Å².